The van der Waals surface area contributed by atoms with Crippen molar-refractivity contribution in [3.05, 3.63) is 64.7 Å². The van der Waals surface area contributed by atoms with Gasteiger partial charge in [-0.3, -0.25) is 9.59 Å². The zero-order valence-corrected chi connectivity index (χ0v) is 19.0. The Balaban J connectivity index is 2.18. The van der Waals surface area contributed by atoms with Crippen molar-refractivity contribution in [1.29, 1.82) is 0 Å². The van der Waals surface area contributed by atoms with E-state index in [9.17, 15) is 9.59 Å². The fourth-order valence-electron chi connectivity index (χ4n) is 3.11. The molecule has 0 spiro atoms. The molecule has 0 bridgehead atoms. The number of amides is 2. The van der Waals surface area contributed by atoms with Crippen molar-refractivity contribution in [1.82, 2.24) is 10.2 Å². The minimum atomic E-state index is -0.599. The molecular weight excluding hydrogens is 376 g/mol. The Morgan fingerprint density at radius 1 is 0.967 bits per heavy atom. The summed E-state index contributed by atoms with van der Waals surface area (Å²) in [6.07, 6.45) is 0. The summed E-state index contributed by atoms with van der Waals surface area (Å²) in [4.78, 5) is 27.4. The molecule has 0 aliphatic rings. The first kappa shape index (κ1) is 23.5. The lowest BCUT2D eigenvalue weighted by Crippen LogP contribution is -2.49. The highest BCUT2D eigenvalue weighted by Crippen LogP contribution is 2.21. The quantitative estimate of drug-likeness (QED) is 0.675. The molecule has 0 aromatic heterocycles. The summed E-state index contributed by atoms with van der Waals surface area (Å²) in [6, 6.07) is 13.1. The zero-order chi connectivity index (χ0) is 22.3. The second-order valence-electron chi connectivity index (χ2n) is 8.25. The number of nitrogens with one attached hydrogen (secondary N) is 1. The predicted molar refractivity (Wildman–Crippen MR) is 120 cm³/mol. The molecule has 0 unspecified atom stereocenters. The first-order valence-electron chi connectivity index (χ1n) is 10.5. The molecule has 5 nitrogen and oxygen atoms in total. The lowest BCUT2D eigenvalue weighted by molar-refractivity contribution is -0.142. The van der Waals surface area contributed by atoms with E-state index in [0.29, 0.717) is 24.8 Å². The Labute approximate surface area is 180 Å². The molecule has 2 aromatic rings. The van der Waals surface area contributed by atoms with Crippen molar-refractivity contribution < 1.29 is 14.3 Å². The molecule has 0 fully saturated rings. The maximum atomic E-state index is 13.1. The van der Waals surface area contributed by atoms with Crippen LogP contribution in [-0.4, -0.2) is 35.9 Å². The standard InChI is InChI=1S/C25H34N2O3/c1-17(2)14-26-25(29)21(6)27(15-22-12-8-7-10-19(22)4)24(28)16-30-23-13-9-11-18(3)20(23)5/h7-13,17,21H,14-16H2,1-6H3,(H,26,29)/t21-/m0/s1. The van der Waals surface area contributed by atoms with Crippen LogP contribution in [0.3, 0.4) is 0 Å². The van der Waals surface area contributed by atoms with Gasteiger partial charge in [0.15, 0.2) is 6.61 Å². The number of ether oxygens (including phenoxy) is 1. The Bertz CT molecular complexity index is 876. The number of rotatable bonds is 9. The summed E-state index contributed by atoms with van der Waals surface area (Å²) in [5, 5.41) is 2.93. The van der Waals surface area contributed by atoms with Crippen molar-refractivity contribution in [2.75, 3.05) is 13.2 Å². The van der Waals surface area contributed by atoms with Gasteiger partial charge in [0.05, 0.1) is 0 Å². The van der Waals surface area contributed by atoms with E-state index in [-0.39, 0.29) is 18.4 Å². The van der Waals surface area contributed by atoms with Crippen LogP contribution in [0, 0.1) is 26.7 Å². The van der Waals surface area contributed by atoms with Crippen LogP contribution in [0.4, 0.5) is 0 Å². The summed E-state index contributed by atoms with van der Waals surface area (Å²) < 4.78 is 5.83. The van der Waals surface area contributed by atoms with Crippen LogP contribution in [0.1, 0.15) is 43.0 Å². The van der Waals surface area contributed by atoms with Crippen molar-refractivity contribution in [2.24, 2.45) is 5.92 Å². The van der Waals surface area contributed by atoms with Crippen molar-refractivity contribution in [2.45, 2.75) is 54.1 Å². The van der Waals surface area contributed by atoms with Crippen LogP contribution < -0.4 is 10.1 Å². The van der Waals surface area contributed by atoms with Gasteiger partial charge in [0.25, 0.3) is 5.91 Å². The van der Waals surface area contributed by atoms with Gasteiger partial charge in [0.2, 0.25) is 5.91 Å². The average Bonchev–Trinajstić information content (AvgIpc) is 2.71. The molecule has 1 atom stereocenters. The summed E-state index contributed by atoms with van der Waals surface area (Å²) in [6.45, 7) is 12.7. The number of carbonyl (C=O) groups excluding carboxylic acids is 2. The van der Waals surface area contributed by atoms with E-state index in [4.69, 9.17) is 4.74 Å². The number of benzene rings is 2. The molecule has 5 heteroatoms. The van der Waals surface area contributed by atoms with Crippen LogP contribution in [0.25, 0.3) is 0 Å². The van der Waals surface area contributed by atoms with Crippen molar-refractivity contribution >= 4 is 11.8 Å². The summed E-state index contributed by atoms with van der Waals surface area (Å²) in [7, 11) is 0. The lowest BCUT2D eigenvalue weighted by Gasteiger charge is -2.29. The van der Waals surface area contributed by atoms with Gasteiger partial charge in [-0.15, -0.1) is 0 Å². The highest BCUT2D eigenvalue weighted by atomic mass is 16.5. The maximum Gasteiger partial charge on any atom is 0.261 e. The molecule has 2 rings (SSSR count). The van der Waals surface area contributed by atoms with E-state index in [1.54, 1.807) is 11.8 Å². The Morgan fingerprint density at radius 3 is 2.30 bits per heavy atom. The fraction of sp³-hybridized carbons (Fsp3) is 0.440. The van der Waals surface area contributed by atoms with Crippen LogP contribution in [-0.2, 0) is 16.1 Å². The zero-order valence-electron chi connectivity index (χ0n) is 19.0. The van der Waals surface area contributed by atoms with Crippen LogP contribution in [0.2, 0.25) is 0 Å². The SMILES string of the molecule is Cc1ccccc1CN(C(=O)COc1cccc(C)c1C)[C@@H](C)C(=O)NCC(C)C. The number of hydrogen-bond donors (Lipinski definition) is 1. The molecule has 0 aliphatic carbocycles. The smallest absolute Gasteiger partial charge is 0.261 e. The maximum absolute atomic E-state index is 13.1. The monoisotopic (exact) mass is 410 g/mol. The van der Waals surface area contributed by atoms with Crippen LogP contribution in [0.15, 0.2) is 42.5 Å². The third kappa shape index (κ3) is 6.34. The summed E-state index contributed by atoms with van der Waals surface area (Å²) in [5.74, 6) is 0.661. The van der Waals surface area contributed by atoms with E-state index < -0.39 is 6.04 Å². The number of aryl methyl sites for hydroxylation is 2. The van der Waals surface area contributed by atoms with E-state index in [1.165, 1.54) is 0 Å². The second-order valence-corrected chi connectivity index (χ2v) is 8.25. The summed E-state index contributed by atoms with van der Waals surface area (Å²) in [5.41, 5.74) is 4.22. The number of nitrogens with zero attached hydrogens (tertiary/aromatic N) is 1. The molecule has 0 radical (unpaired) electrons. The summed E-state index contributed by atoms with van der Waals surface area (Å²) >= 11 is 0. The normalized spacial score (nSPS) is 11.8. The number of carbonyl (C=O) groups is 2. The predicted octanol–water partition coefficient (Wildman–Crippen LogP) is 4.18. The van der Waals surface area contributed by atoms with Gasteiger partial charge >= 0.3 is 0 Å². The first-order valence-corrected chi connectivity index (χ1v) is 10.5. The number of hydrogen-bond acceptors (Lipinski definition) is 3. The van der Waals surface area contributed by atoms with Gasteiger partial charge in [0.1, 0.15) is 11.8 Å². The third-order valence-corrected chi connectivity index (χ3v) is 5.36. The van der Waals surface area contributed by atoms with E-state index in [1.807, 2.05) is 77.1 Å². The lowest BCUT2D eigenvalue weighted by atomic mass is 10.1. The molecule has 2 amide bonds. The van der Waals surface area contributed by atoms with E-state index >= 15 is 0 Å². The Morgan fingerprint density at radius 2 is 1.63 bits per heavy atom. The molecule has 1 N–H and O–H groups in total. The largest absolute Gasteiger partial charge is 0.483 e. The van der Waals surface area contributed by atoms with Gasteiger partial charge in [-0.2, -0.15) is 0 Å². The topological polar surface area (TPSA) is 58.6 Å². The molecule has 162 valence electrons. The molecule has 0 saturated heterocycles. The molecule has 0 aliphatic heterocycles. The van der Waals surface area contributed by atoms with Gasteiger partial charge in [-0.25, -0.2) is 0 Å². The van der Waals surface area contributed by atoms with Crippen molar-refractivity contribution in [3.63, 3.8) is 0 Å². The van der Waals surface area contributed by atoms with Gasteiger partial charge < -0.3 is 15.0 Å². The van der Waals surface area contributed by atoms with E-state index in [0.717, 1.165) is 22.3 Å². The Kier molecular flexibility index (Phi) is 8.46. The molecule has 0 heterocycles. The molecular formula is C25H34N2O3. The van der Waals surface area contributed by atoms with Crippen LogP contribution in [0.5, 0.6) is 5.75 Å². The van der Waals surface area contributed by atoms with Crippen LogP contribution >= 0.6 is 0 Å². The van der Waals surface area contributed by atoms with Gasteiger partial charge in [-0.1, -0.05) is 50.2 Å². The fourth-order valence-corrected chi connectivity index (χ4v) is 3.11. The Hall–Kier alpha value is -2.82. The minimum Gasteiger partial charge on any atom is -0.483 e. The third-order valence-electron chi connectivity index (χ3n) is 5.36. The van der Waals surface area contributed by atoms with Gasteiger partial charge in [0, 0.05) is 13.1 Å². The highest BCUT2D eigenvalue weighted by molar-refractivity contribution is 5.88. The molecule has 30 heavy (non-hydrogen) atoms. The van der Waals surface area contributed by atoms with Gasteiger partial charge in [-0.05, 0) is 61.9 Å². The molecule has 0 saturated carbocycles. The second kappa shape index (κ2) is 10.8. The van der Waals surface area contributed by atoms with Crippen molar-refractivity contribution in [3.8, 4) is 5.75 Å². The minimum absolute atomic E-state index is 0.113. The molecule has 2 aromatic carbocycles. The first-order chi connectivity index (χ1) is 14.2. The van der Waals surface area contributed by atoms with E-state index in [2.05, 4.69) is 5.32 Å². The average molecular weight is 411 g/mol. The highest BCUT2D eigenvalue weighted by Gasteiger charge is 2.27.